The van der Waals surface area contributed by atoms with E-state index in [0.717, 1.165) is 12.0 Å². The molecule has 0 spiro atoms. The predicted octanol–water partition coefficient (Wildman–Crippen LogP) is 4.48. The van der Waals surface area contributed by atoms with E-state index in [1.54, 1.807) is 46.1 Å². The molecule has 2 amide bonds. The molecule has 1 aliphatic rings. The highest BCUT2D eigenvalue weighted by molar-refractivity contribution is 6.35. The van der Waals surface area contributed by atoms with E-state index in [9.17, 15) is 9.59 Å². The van der Waals surface area contributed by atoms with Crippen LogP contribution in [-0.2, 0) is 11.3 Å². The van der Waals surface area contributed by atoms with E-state index in [2.05, 4.69) is 10.4 Å². The van der Waals surface area contributed by atoms with Crippen molar-refractivity contribution in [3.05, 3.63) is 82.0 Å². The maximum Gasteiger partial charge on any atom is 0.254 e. The highest BCUT2D eigenvalue weighted by atomic mass is 35.5. The van der Waals surface area contributed by atoms with Crippen molar-refractivity contribution in [2.75, 3.05) is 11.9 Å². The standard InChI is InChI=1S/C22H20Cl2N4O2/c23-17-9-8-16(18(24)13-17)14-28-20(10-11-25-28)26-21(29)19-7-4-12-27(19)22(30)15-5-2-1-3-6-15/h1-3,5-6,8-11,13,19H,4,7,12,14H2,(H,26,29)/t19-/m1/s1. The fourth-order valence-corrected chi connectivity index (χ4v) is 4.08. The number of halogens is 2. The van der Waals surface area contributed by atoms with Crippen molar-refractivity contribution in [3.8, 4) is 0 Å². The Morgan fingerprint density at radius 1 is 1.10 bits per heavy atom. The highest BCUT2D eigenvalue weighted by Gasteiger charge is 2.34. The SMILES string of the molecule is O=C(Nc1ccnn1Cc1ccc(Cl)cc1Cl)[C@H]1CCCN1C(=O)c1ccccc1. The fourth-order valence-electron chi connectivity index (χ4n) is 3.61. The summed E-state index contributed by atoms with van der Waals surface area (Å²) < 4.78 is 1.66. The van der Waals surface area contributed by atoms with Gasteiger partial charge in [0.25, 0.3) is 5.91 Å². The van der Waals surface area contributed by atoms with Crippen LogP contribution in [0.2, 0.25) is 10.0 Å². The molecule has 1 aromatic heterocycles. The van der Waals surface area contributed by atoms with Crippen LogP contribution in [0.15, 0.2) is 60.8 Å². The number of hydrogen-bond donors (Lipinski definition) is 1. The molecule has 0 unspecified atom stereocenters. The first-order valence-corrected chi connectivity index (χ1v) is 10.4. The van der Waals surface area contributed by atoms with Crippen molar-refractivity contribution in [1.29, 1.82) is 0 Å². The lowest BCUT2D eigenvalue weighted by Gasteiger charge is -2.24. The van der Waals surface area contributed by atoms with Crippen molar-refractivity contribution in [1.82, 2.24) is 14.7 Å². The molecule has 2 heterocycles. The number of rotatable bonds is 5. The first kappa shape index (κ1) is 20.4. The van der Waals surface area contributed by atoms with Crippen LogP contribution < -0.4 is 5.32 Å². The molecular formula is C22H20Cl2N4O2. The van der Waals surface area contributed by atoms with Crippen LogP contribution in [0.4, 0.5) is 5.82 Å². The quantitative estimate of drug-likeness (QED) is 0.632. The van der Waals surface area contributed by atoms with E-state index in [1.807, 2.05) is 24.3 Å². The Morgan fingerprint density at radius 3 is 2.67 bits per heavy atom. The topological polar surface area (TPSA) is 67.2 Å². The van der Waals surface area contributed by atoms with Gasteiger partial charge in [0.15, 0.2) is 0 Å². The van der Waals surface area contributed by atoms with E-state index >= 15 is 0 Å². The normalized spacial score (nSPS) is 15.9. The maximum atomic E-state index is 13.0. The molecule has 0 aliphatic carbocycles. The number of anilines is 1. The Balaban J connectivity index is 1.48. The van der Waals surface area contributed by atoms with Crippen LogP contribution in [0.25, 0.3) is 0 Å². The summed E-state index contributed by atoms with van der Waals surface area (Å²) in [6.07, 6.45) is 3.03. The number of carbonyl (C=O) groups excluding carboxylic acids is 2. The molecule has 30 heavy (non-hydrogen) atoms. The Morgan fingerprint density at radius 2 is 1.90 bits per heavy atom. The summed E-state index contributed by atoms with van der Waals surface area (Å²) in [6, 6.07) is 15.5. The minimum Gasteiger partial charge on any atom is -0.327 e. The third-order valence-corrected chi connectivity index (χ3v) is 5.73. The van der Waals surface area contributed by atoms with Crippen molar-refractivity contribution in [2.24, 2.45) is 0 Å². The number of amides is 2. The molecule has 0 bridgehead atoms. The number of aromatic nitrogens is 2. The van der Waals surface area contributed by atoms with Gasteiger partial charge >= 0.3 is 0 Å². The number of nitrogens with zero attached hydrogens (tertiary/aromatic N) is 3. The summed E-state index contributed by atoms with van der Waals surface area (Å²) in [5, 5.41) is 8.30. The molecule has 2 aromatic carbocycles. The molecule has 4 rings (SSSR count). The van der Waals surface area contributed by atoms with Crippen molar-refractivity contribution >= 4 is 40.8 Å². The minimum atomic E-state index is -0.514. The molecule has 1 atom stereocenters. The van der Waals surface area contributed by atoms with Gasteiger partial charge in [0.1, 0.15) is 11.9 Å². The van der Waals surface area contributed by atoms with Gasteiger partial charge < -0.3 is 10.2 Å². The molecule has 1 aliphatic heterocycles. The van der Waals surface area contributed by atoms with Crippen molar-refractivity contribution in [3.63, 3.8) is 0 Å². The fraction of sp³-hybridized carbons (Fsp3) is 0.227. The van der Waals surface area contributed by atoms with Crippen LogP contribution in [0.1, 0.15) is 28.8 Å². The Kier molecular flexibility index (Phi) is 6.06. The lowest BCUT2D eigenvalue weighted by molar-refractivity contribution is -0.119. The van der Waals surface area contributed by atoms with Gasteiger partial charge in [-0.15, -0.1) is 0 Å². The number of nitrogens with one attached hydrogen (secondary N) is 1. The highest BCUT2D eigenvalue weighted by Crippen LogP contribution is 2.24. The zero-order valence-corrected chi connectivity index (χ0v) is 17.6. The van der Waals surface area contributed by atoms with Gasteiger partial charge in [0.2, 0.25) is 5.91 Å². The molecule has 8 heteroatoms. The van der Waals surface area contributed by atoms with Crippen molar-refractivity contribution in [2.45, 2.75) is 25.4 Å². The molecule has 0 radical (unpaired) electrons. The number of likely N-dealkylation sites (tertiary alicyclic amines) is 1. The number of hydrogen-bond acceptors (Lipinski definition) is 3. The average molecular weight is 443 g/mol. The number of carbonyl (C=O) groups is 2. The lowest BCUT2D eigenvalue weighted by Crippen LogP contribution is -2.43. The lowest BCUT2D eigenvalue weighted by atomic mass is 10.1. The minimum absolute atomic E-state index is 0.130. The number of benzene rings is 2. The van der Waals surface area contributed by atoms with Gasteiger partial charge in [0, 0.05) is 28.2 Å². The second-order valence-electron chi connectivity index (χ2n) is 7.12. The monoisotopic (exact) mass is 442 g/mol. The first-order valence-electron chi connectivity index (χ1n) is 9.65. The summed E-state index contributed by atoms with van der Waals surface area (Å²) in [5.41, 5.74) is 1.42. The zero-order chi connectivity index (χ0) is 21.1. The van der Waals surface area contributed by atoms with Gasteiger partial charge in [0.05, 0.1) is 12.7 Å². The van der Waals surface area contributed by atoms with Crippen LogP contribution in [0.5, 0.6) is 0 Å². The largest absolute Gasteiger partial charge is 0.327 e. The van der Waals surface area contributed by atoms with Crippen LogP contribution >= 0.6 is 23.2 Å². The average Bonchev–Trinajstić information content (AvgIpc) is 3.40. The first-order chi connectivity index (χ1) is 14.5. The van der Waals surface area contributed by atoms with Gasteiger partial charge in [-0.25, -0.2) is 4.68 Å². The second-order valence-corrected chi connectivity index (χ2v) is 7.97. The molecule has 0 saturated carbocycles. The van der Waals surface area contributed by atoms with Gasteiger partial charge in [-0.1, -0.05) is 47.5 Å². The van der Waals surface area contributed by atoms with E-state index in [0.29, 0.717) is 40.9 Å². The van der Waals surface area contributed by atoms with Crippen LogP contribution in [-0.4, -0.2) is 39.1 Å². The molecule has 154 valence electrons. The summed E-state index contributed by atoms with van der Waals surface area (Å²) in [4.78, 5) is 27.5. The van der Waals surface area contributed by atoms with Gasteiger partial charge in [-0.3, -0.25) is 9.59 Å². The molecule has 1 saturated heterocycles. The summed E-state index contributed by atoms with van der Waals surface area (Å²) >= 11 is 12.2. The van der Waals surface area contributed by atoms with Gasteiger partial charge in [-0.05, 0) is 42.7 Å². The molecule has 3 aromatic rings. The predicted molar refractivity (Wildman–Crippen MR) is 117 cm³/mol. The smallest absolute Gasteiger partial charge is 0.254 e. The van der Waals surface area contributed by atoms with E-state index in [1.165, 1.54) is 0 Å². The van der Waals surface area contributed by atoms with Crippen LogP contribution in [0.3, 0.4) is 0 Å². The summed E-state index contributed by atoms with van der Waals surface area (Å²) in [5.74, 6) is 0.195. The summed E-state index contributed by atoms with van der Waals surface area (Å²) in [6.45, 7) is 0.946. The van der Waals surface area contributed by atoms with Crippen LogP contribution in [0, 0.1) is 0 Å². The molecule has 1 N–H and O–H groups in total. The van der Waals surface area contributed by atoms with Gasteiger partial charge in [-0.2, -0.15) is 5.10 Å². The third-order valence-electron chi connectivity index (χ3n) is 5.14. The Bertz CT molecular complexity index is 1070. The molecule has 1 fully saturated rings. The van der Waals surface area contributed by atoms with E-state index < -0.39 is 6.04 Å². The second kappa shape index (κ2) is 8.90. The van der Waals surface area contributed by atoms with Crippen molar-refractivity contribution < 1.29 is 9.59 Å². The molecule has 6 nitrogen and oxygen atoms in total. The summed E-state index contributed by atoms with van der Waals surface area (Å²) in [7, 11) is 0. The zero-order valence-electron chi connectivity index (χ0n) is 16.1. The Hall–Kier alpha value is -2.83. The molecular weight excluding hydrogens is 423 g/mol. The van der Waals surface area contributed by atoms with E-state index in [-0.39, 0.29) is 11.8 Å². The Labute approximate surface area is 184 Å². The van der Waals surface area contributed by atoms with E-state index in [4.69, 9.17) is 23.2 Å². The third kappa shape index (κ3) is 4.35. The maximum absolute atomic E-state index is 13.0.